The van der Waals surface area contributed by atoms with Gasteiger partial charge in [0.2, 0.25) is 0 Å². The van der Waals surface area contributed by atoms with Gasteiger partial charge in [0.05, 0.1) is 11.5 Å². The van der Waals surface area contributed by atoms with E-state index in [1.165, 1.54) is 24.3 Å². The van der Waals surface area contributed by atoms with Crippen molar-refractivity contribution in [3.8, 4) is 0 Å². The molecule has 104 valence electrons. The second-order valence-corrected chi connectivity index (χ2v) is 5.91. The highest BCUT2D eigenvalue weighted by atomic mass is 32.2. The SMILES string of the molecule is CCOC(=O)C(N)C(=O)c1ccc(S(C)(=O)=O)cc1. The predicted molar refractivity (Wildman–Crippen MR) is 68.5 cm³/mol. The molecular weight excluding hydrogens is 270 g/mol. The third-order valence-electron chi connectivity index (χ3n) is 2.39. The molecule has 0 saturated carbocycles. The van der Waals surface area contributed by atoms with E-state index >= 15 is 0 Å². The zero-order chi connectivity index (χ0) is 14.6. The molecule has 1 aromatic rings. The first-order valence-electron chi connectivity index (χ1n) is 5.54. The number of benzene rings is 1. The summed E-state index contributed by atoms with van der Waals surface area (Å²) in [5.41, 5.74) is 5.62. The molecule has 0 radical (unpaired) electrons. The summed E-state index contributed by atoms with van der Waals surface area (Å²) in [6, 6.07) is 3.82. The number of rotatable bonds is 5. The zero-order valence-corrected chi connectivity index (χ0v) is 11.4. The van der Waals surface area contributed by atoms with Crippen LogP contribution in [0.25, 0.3) is 0 Å². The van der Waals surface area contributed by atoms with Gasteiger partial charge in [0.25, 0.3) is 0 Å². The molecule has 0 aliphatic rings. The standard InChI is InChI=1S/C12H15NO5S/c1-3-18-12(15)10(13)11(14)8-4-6-9(7-5-8)19(2,16)17/h4-7,10H,3,13H2,1-2H3. The summed E-state index contributed by atoms with van der Waals surface area (Å²) in [5.74, 6) is -1.42. The highest BCUT2D eigenvalue weighted by Crippen LogP contribution is 2.11. The van der Waals surface area contributed by atoms with Crippen molar-refractivity contribution >= 4 is 21.6 Å². The lowest BCUT2D eigenvalue weighted by Crippen LogP contribution is -2.40. The van der Waals surface area contributed by atoms with Gasteiger partial charge >= 0.3 is 5.97 Å². The summed E-state index contributed by atoms with van der Waals surface area (Å²) in [5, 5.41) is 0. The first-order chi connectivity index (χ1) is 8.77. The summed E-state index contributed by atoms with van der Waals surface area (Å²) in [6.45, 7) is 1.74. The normalized spacial score (nSPS) is 12.8. The first kappa shape index (κ1) is 15.3. The van der Waals surface area contributed by atoms with Gasteiger partial charge in [-0.25, -0.2) is 13.2 Å². The predicted octanol–water partition coefficient (Wildman–Crippen LogP) is 0.163. The number of carbonyl (C=O) groups excluding carboxylic acids is 2. The molecule has 0 spiro atoms. The van der Waals surface area contributed by atoms with Gasteiger partial charge in [-0.3, -0.25) is 4.79 Å². The molecule has 0 amide bonds. The first-order valence-corrected chi connectivity index (χ1v) is 7.43. The molecule has 1 aromatic carbocycles. The molecule has 0 fully saturated rings. The van der Waals surface area contributed by atoms with Gasteiger partial charge in [-0.1, -0.05) is 12.1 Å². The van der Waals surface area contributed by atoms with E-state index in [0.717, 1.165) is 6.26 Å². The number of carbonyl (C=O) groups is 2. The lowest BCUT2D eigenvalue weighted by atomic mass is 10.1. The largest absolute Gasteiger partial charge is 0.464 e. The van der Waals surface area contributed by atoms with Gasteiger partial charge in [-0.2, -0.15) is 0 Å². The molecule has 0 heterocycles. The third-order valence-corrected chi connectivity index (χ3v) is 3.52. The molecule has 1 rings (SSSR count). The number of sulfone groups is 1. The van der Waals surface area contributed by atoms with Crippen LogP contribution in [0.2, 0.25) is 0 Å². The average Bonchev–Trinajstić information content (AvgIpc) is 2.36. The van der Waals surface area contributed by atoms with Crippen LogP contribution in [0.3, 0.4) is 0 Å². The van der Waals surface area contributed by atoms with Crippen LogP contribution in [-0.2, 0) is 19.4 Å². The molecule has 19 heavy (non-hydrogen) atoms. The Morgan fingerprint density at radius 1 is 1.26 bits per heavy atom. The summed E-state index contributed by atoms with van der Waals surface area (Å²) >= 11 is 0. The zero-order valence-electron chi connectivity index (χ0n) is 10.6. The van der Waals surface area contributed by atoms with E-state index in [9.17, 15) is 18.0 Å². The van der Waals surface area contributed by atoms with Crippen molar-refractivity contribution in [2.24, 2.45) is 5.73 Å². The van der Waals surface area contributed by atoms with E-state index in [1.54, 1.807) is 6.92 Å². The minimum atomic E-state index is -3.32. The van der Waals surface area contributed by atoms with E-state index in [0.29, 0.717) is 0 Å². The van der Waals surface area contributed by atoms with Gasteiger partial charge in [0.15, 0.2) is 21.7 Å². The van der Waals surface area contributed by atoms with E-state index in [-0.39, 0.29) is 17.1 Å². The lowest BCUT2D eigenvalue weighted by Gasteiger charge is -2.09. The Morgan fingerprint density at radius 2 is 1.79 bits per heavy atom. The quantitative estimate of drug-likeness (QED) is 0.469. The third kappa shape index (κ3) is 3.87. The molecule has 0 bridgehead atoms. The van der Waals surface area contributed by atoms with Crippen LogP contribution >= 0.6 is 0 Å². The molecule has 1 unspecified atom stereocenters. The molecule has 0 aliphatic heterocycles. The fraction of sp³-hybridized carbons (Fsp3) is 0.333. The van der Waals surface area contributed by atoms with Crippen LogP contribution in [0, 0.1) is 0 Å². The fourth-order valence-corrected chi connectivity index (χ4v) is 2.02. The smallest absolute Gasteiger partial charge is 0.331 e. The van der Waals surface area contributed by atoms with Crippen LogP contribution in [-0.4, -0.2) is 39.1 Å². The van der Waals surface area contributed by atoms with Gasteiger partial charge in [-0.05, 0) is 19.1 Å². The minimum absolute atomic E-state index is 0.0914. The van der Waals surface area contributed by atoms with E-state index in [2.05, 4.69) is 4.74 Å². The Hall–Kier alpha value is -1.73. The van der Waals surface area contributed by atoms with Crippen molar-refractivity contribution in [2.45, 2.75) is 17.9 Å². The Kier molecular flexibility index (Phi) is 4.79. The van der Waals surface area contributed by atoms with Gasteiger partial charge in [0, 0.05) is 11.8 Å². The van der Waals surface area contributed by atoms with Gasteiger partial charge in [0.1, 0.15) is 0 Å². The Labute approximate surface area is 111 Å². The number of Topliss-reactive ketones (excluding diaryl/α,β-unsaturated/α-hetero) is 1. The molecule has 0 saturated heterocycles. The number of nitrogens with two attached hydrogens (primary N) is 1. The van der Waals surface area contributed by atoms with Crippen LogP contribution in [0.5, 0.6) is 0 Å². The number of ketones is 1. The Morgan fingerprint density at radius 3 is 2.21 bits per heavy atom. The summed E-state index contributed by atoms with van der Waals surface area (Å²) in [4.78, 5) is 23.3. The lowest BCUT2D eigenvalue weighted by molar-refractivity contribution is -0.143. The van der Waals surface area contributed by atoms with Crippen LogP contribution in [0.4, 0.5) is 0 Å². The van der Waals surface area contributed by atoms with Crippen molar-refractivity contribution in [3.63, 3.8) is 0 Å². The van der Waals surface area contributed by atoms with E-state index in [1.807, 2.05) is 0 Å². The maximum atomic E-state index is 11.8. The molecule has 7 heteroatoms. The van der Waals surface area contributed by atoms with Crippen LogP contribution in [0.15, 0.2) is 29.2 Å². The van der Waals surface area contributed by atoms with Crippen molar-refractivity contribution in [1.29, 1.82) is 0 Å². The summed E-state index contributed by atoms with van der Waals surface area (Å²) in [7, 11) is -3.32. The van der Waals surface area contributed by atoms with Gasteiger partial charge in [-0.15, -0.1) is 0 Å². The topological polar surface area (TPSA) is 104 Å². The Balaban J connectivity index is 2.93. The summed E-state index contributed by atoms with van der Waals surface area (Å²) < 4.78 is 27.2. The minimum Gasteiger partial charge on any atom is -0.464 e. The van der Waals surface area contributed by atoms with E-state index in [4.69, 9.17) is 5.73 Å². The molecule has 2 N–H and O–H groups in total. The summed E-state index contributed by atoms with van der Waals surface area (Å²) in [6.07, 6.45) is 1.06. The second-order valence-electron chi connectivity index (χ2n) is 3.89. The molecule has 0 aromatic heterocycles. The maximum Gasteiger partial charge on any atom is 0.331 e. The monoisotopic (exact) mass is 285 g/mol. The number of ether oxygens (including phenoxy) is 1. The van der Waals surface area contributed by atoms with E-state index < -0.39 is 27.6 Å². The number of hydrogen-bond acceptors (Lipinski definition) is 6. The highest BCUT2D eigenvalue weighted by Gasteiger charge is 2.24. The van der Waals surface area contributed by atoms with Crippen LogP contribution < -0.4 is 5.73 Å². The average molecular weight is 285 g/mol. The van der Waals surface area contributed by atoms with Gasteiger partial charge < -0.3 is 10.5 Å². The number of esters is 1. The fourth-order valence-electron chi connectivity index (χ4n) is 1.39. The second kappa shape index (κ2) is 5.94. The van der Waals surface area contributed by atoms with Crippen molar-refractivity contribution < 1.29 is 22.7 Å². The number of hydrogen-bond donors (Lipinski definition) is 1. The molecule has 6 nitrogen and oxygen atoms in total. The van der Waals surface area contributed by atoms with Crippen molar-refractivity contribution in [3.05, 3.63) is 29.8 Å². The van der Waals surface area contributed by atoms with Crippen molar-refractivity contribution in [2.75, 3.05) is 12.9 Å². The van der Waals surface area contributed by atoms with Crippen molar-refractivity contribution in [1.82, 2.24) is 0 Å². The molecule has 0 aliphatic carbocycles. The molecular formula is C12H15NO5S. The van der Waals surface area contributed by atoms with Crippen LogP contribution in [0.1, 0.15) is 17.3 Å². The Bertz CT molecular complexity index is 577. The molecule has 1 atom stereocenters. The highest BCUT2D eigenvalue weighted by molar-refractivity contribution is 7.90. The maximum absolute atomic E-state index is 11.8.